The standard InChI is InChI=1S/C21H21NO3S/c1-2-25-20-13-15-21(16-14-20)26(23,24)22(19-11-7-4-8-12-19)17-18-9-5-3-6-10-18/h3-16H,2,17H2,1H3. The van der Waals surface area contributed by atoms with Gasteiger partial charge in [0.25, 0.3) is 10.0 Å². The molecular weight excluding hydrogens is 346 g/mol. The van der Waals surface area contributed by atoms with Gasteiger partial charge < -0.3 is 4.74 Å². The van der Waals surface area contributed by atoms with Gasteiger partial charge in [-0.25, -0.2) is 8.42 Å². The van der Waals surface area contributed by atoms with Crippen molar-refractivity contribution in [2.75, 3.05) is 10.9 Å². The molecule has 0 spiro atoms. The van der Waals surface area contributed by atoms with Crippen LogP contribution in [0.1, 0.15) is 12.5 Å². The molecule has 0 aliphatic carbocycles. The lowest BCUT2D eigenvalue weighted by Crippen LogP contribution is -2.30. The third kappa shape index (κ3) is 4.06. The van der Waals surface area contributed by atoms with Crippen LogP contribution >= 0.6 is 0 Å². The average Bonchev–Trinajstić information content (AvgIpc) is 2.68. The van der Waals surface area contributed by atoms with E-state index in [9.17, 15) is 8.42 Å². The van der Waals surface area contributed by atoms with Gasteiger partial charge in [-0.2, -0.15) is 0 Å². The first-order valence-electron chi connectivity index (χ1n) is 8.46. The van der Waals surface area contributed by atoms with Crippen molar-refractivity contribution in [3.63, 3.8) is 0 Å². The molecule has 0 unspecified atom stereocenters. The maximum absolute atomic E-state index is 13.3. The number of sulfonamides is 1. The number of rotatable bonds is 7. The van der Waals surface area contributed by atoms with E-state index < -0.39 is 10.0 Å². The highest BCUT2D eigenvalue weighted by atomic mass is 32.2. The zero-order valence-corrected chi connectivity index (χ0v) is 15.4. The van der Waals surface area contributed by atoms with Gasteiger partial charge in [-0.3, -0.25) is 4.31 Å². The van der Waals surface area contributed by atoms with Gasteiger partial charge in [-0.15, -0.1) is 0 Å². The topological polar surface area (TPSA) is 46.6 Å². The number of hydrogen-bond donors (Lipinski definition) is 0. The fraction of sp³-hybridized carbons (Fsp3) is 0.143. The van der Waals surface area contributed by atoms with Crippen molar-refractivity contribution < 1.29 is 13.2 Å². The second-order valence-corrected chi connectivity index (χ2v) is 7.60. The second-order valence-electron chi connectivity index (χ2n) is 5.74. The number of benzene rings is 3. The van der Waals surface area contributed by atoms with Gasteiger partial charge >= 0.3 is 0 Å². The Bertz CT molecular complexity index is 924. The Morgan fingerprint density at radius 1 is 0.808 bits per heavy atom. The van der Waals surface area contributed by atoms with Crippen LogP contribution in [0.15, 0.2) is 89.8 Å². The van der Waals surface area contributed by atoms with E-state index in [0.717, 1.165) is 5.56 Å². The van der Waals surface area contributed by atoms with Crippen LogP contribution in [0.4, 0.5) is 5.69 Å². The molecule has 3 aromatic carbocycles. The smallest absolute Gasteiger partial charge is 0.264 e. The normalized spacial score (nSPS) is 11.1. The predicted octanol–water partition coefficient (Wildman–Crippen LogP) is 4.48. The summed E-state index contributed by atoms with van der Waals surface area (Å²) in [6.07, 6.45) is 0. The maximum Gasteiger partial charge on any atom is 0.264 e. The molecule has 3 aromatic rings. The zero-order chi connectivity index (χ0) is 18.4. The van der Waals surface area contributed by atoms with E-state index >= 15 is 0 Å². The lowest BCUT2D eigenvalue weighted by atomic mass is 10.2. The summed E-state index contributed by atoms with van der Waals surface area (Å²) in [5, 5.41) is 0. The summed E-state index contributed by atoms with van der Waals surface area (Å²) in [5.74, 6) is 0.653. The van der Waals surface area contributed by atoms with Crippen LogP contribution in [0.5, 0.6) is 5.75 Å². The Morgan fingerprint density at radius 3 is 1.96 bits per heavy atom. The van der Waals surface area contributed by atoms with Crippen molar-refractivity contribution in [3.05, 3.63) is 90.5 Å². The molecule has 5 heteroatoms. The molecule has 0 saturated heterocycles. The molecule has 0 amide bonds. The highest BCUT2D eigenvalue weighted by Crippen LogP contribution is 2.27. The molecule has 0 aliphatic heterocycles. The second kappa shape index (κ2) is 8.06. The fourth-order valence-electron chi connectivity index (χ4n) is 2.66. The molecular formula is C21H21NO3S. The molecule has 0 bridgehead atoms. The molecule has 0 saturated carbocycles. The van der Waals surface area contributed by atoms with E-state index in [0.29, 0.717) is 18.0 Å². The SMILES string of the molecule is CCOc1ccc(S(=O)(=O)N(Cc2ccccc2)c2ccccc2)cc1. The maximum atomic E-state index is 13.3. The summed E-state index contributed by atoms with van der Waals surface area (Å²) in [5.41, 5.74) is 1.55. The average molecular weight is 367 g/mol. The minimum atomic E-state index is -3.71. The summed E-state index contributed by atoms with van der Waals surface area (Å²) < 4.78 is 33.4. The number of ether oxygens (including phenoxy) is 1. The summed E-state index contributed by atoms with van der Waals surface area (Å²) in [6.45, 7) is 2.69. The van der Waals surface area contributed by atoms with E-state index in [4.69, 9.17) is 4.74 Å². The van der Waals surface area contributed by atoms with Crippen LogP contribution in [0.2, 0.25) is 0 Å². The summed E-state index contributed by atoms with van der Waals surface area (Å²) >= 11 is 0. The van der Waals surface area contributed by atoms with Gasteiger partial charge in [-0.1, -0.05) is 48.5 Å². The van der Waals surface area contributed by atoms with Gasteiger partial charge in [-0.05, 0) is 48.9 Å². The van der Waals surface area contributed by atoms with Crippen molar-refractivity contribution in [2.24, 2.45) is 0 Å². The van der Waals surface area contributed by atoms with Crippen LogP contribution in [0.3, 0.4) is 0 Å². The van der Waals surface area contributed by atoms with Crippen LogP contribution in [-0.2, 0) is 16.6 Å². The summed E-state index contributed by atoms with van der Waals surface area (Å²) in [7, 11) is -3.71. The first-order valence-corrected chi connectivity index (χ1v) is 9.90. The fourth-order valence-corrected chi connectivity index (χ4v) is 4.11. The molecule has 134 valence electrons. The Labute approximate surface area is 154 Å². The molecule has 0 atom stereocenters. The number of nitrogens with zero attached hydrogens (tertiary/aromatic N) is 1. The minimum absolute atomic E-state index is 0.237. The Morgan fingerprint density at radius 2 is 1.38 bits per heavy atom. The number of anilines is 1. The lowest BCUT2D eigenvalue weighted by molar-refractivity contribution is 0.340. The molecule has 0 N–H and O–H groups in total. The van der Waals surface area contributed by atoms with Gasteiger partial charge in [0.2, 0.25) is 0 Å². The molecule has 0 aromatic heterocycles. The highest BCUT2D eigenvalue weighted by Gasteiger charge is 2.25. The van der Waals surface area contributed by atoms with E-state index in [2.05, 4.69) is 0 Å². The third-order valence-electron chi connectivity index (χ3n) is 3.94. The highest BCUT2D eigenvalue weighted by molar-refractivity contribution is 7.92. The molecule has 26 heavy (non-hydrogen) atoms. The minimum Gasteiger partial charge on any atom is -0.494 e. The largest absolute Gasteiger partial charge is 0.494 e. The van der Waals surface area contributed by atoms with Crippen LogP contribution in [-0.4, -0.2) is 15.0 Å². The van der Waals surface area contributed by atoms with Gasteiger partial charge in [0.05, 0.1) is 23.7 Å². The molecule has 4 nitrogen and oxygen atoms in total. The quantitative estimate of drug-likeness (QED) is 0.618. The monoisotopic (exact) mass is 367 g/mol. The Kier molecular flexibility index (Phi) is 5.58. The Balaban J connectivity index is 1.99. The Hall–Kier alpha value is -2.79. The third-order valence-corrected chi connectivity index (χ3v) is 5.72. The van der Waals surface area contributed by atoms with Crippen LogP contribution in [0, 0.1) is 0 Å². The van der Waals surface area contributed by atoms with Gasteiger partial charge in [0.1, 0.15) is 5.75 Å². The molecule has 0 heterocycles. The van der Waals surface area contributed by atoms with Crippen molar-refractivity contribution in [1.29, 1.82) is 0 Å². The summed E-state index contributed by atoms with van der Waals surface area (Å²) in [4.78, 5) is 0.237. The van der Waals surface area contributed by atoms with Crippen LogP contribution < -0.4 is 9.04 Å². The summed E-state index contributed by atoms with van der Waals surface area (Å²) in [6, 6.07) is 25.2. The zero-order valence-electron chi connectivity index (χ0n) is 14.6. The van der Waals surface area contributed by atoms with Gasteiger partial charge in [0.15, 0.2) is 0 Å². The molecule has 0 radical (unpaired) electrons. The van der Waals surface area contributed by atoms with Crippen molar-refractivity contribution in [1.82, 2.24) is 0 Å². The molecule has 0 aliphatic rings. The number of hydrogen-bond acceptors (Lipinski definition) is 3. The van der Waals surface area contributed by atoms with Crippen molar-refractivity contribution in [3.8, 4) is 5.75 Å². The molecule has 0 fully saturated rings. The first kappa shape index (κ1) is 18.0. The van der Waals surface area contributed by atoms with Crippen LogP contribution in [0.25, 0.3) is 0 Å². The predicted molar refractivity (Wildman–Crippen MR) is 104 cm³/mol. The van der Waals surface area contributed by atoms with E-state index in [1.807, 2.05) is 55.5 Å². The first-order chi connectivity index (χ1) is 12.6. The molecule has 3 rings (SSSR count). The van der Waals surface area contributed by atoms with E-state index in [1.54, 1.807) is 36.4 Å². The van der Waals surface area contributed by atoms with Gasteiger partial charge in [0, 0.05) is 0 Å². The van der Waals surface area contributed by atoms with Crippen molar-refractivity contribution >= 4 is 15.7 Å². The number of para-hydroxylation sites is 1. The lowest BCUT2D eigenvalue weighted by Gasteiger charge is -2.25. The van der Waals surface area contributed by atoms with E-state index in [1.165, 1.54) is 4.31 Å². The van der Waals surface area contributed by atoms with E-state index in [-0.39, 0.29) is 11.4 Å². The van der Waals surface area contributed by atoms with Crippen molar-refractivity contribution in [2.45, 2.75) is 18.4 Å².